The zero-order chi connectivity index (χ0) is 24.6. The summed E-state index contributed by atoms with van der Waals surface area (Å²) >= 11 is 0. The van der Waals surface area contributed by atoms with Crippen LogP contribution in [0.2, 0.25) is 0 Å². The molecule has 3 amide bonds. The lowest BCUT2D eigenvalue weighted by Gasteiger charge is -2.19. The number of anilines is 1. The number of aromatic nitrogens is 1. The summed E-state index contributed by atoms with van der Waals surface area (Å²) in [6.07, 6.45) is 0.288. The summed E-state index contributed by atoms with van der Waals surface area (Å²) in [6, 6.07) is 4.06. The van der Waals surface area contributed by atoms with Gasteiger partial charge in [0.1, 0.15) is 11.9 Å². The summed E-state index contributed by atoms with van der Waals surface area (Å²) in [7, 11) is 0. The third-order valence-corrected chi connectivity index (χ3v) is 6.22. The summed E-state index contributed by atoms with van der Waals surface area (Å²) in [4.78, 5) is 41.9. The molecular formula is C24H27FN4O5. The van der Waals surface area contributed by atoms with E-state index in [1.807, 2.05) is 0 Å². The Bertz CT molecular complexity index is 1190. The number of fused-ring (bicyclic) bond motifs is 1. The molecule has 1 saturated heterocycles. The highest BCUT2D eigenvalue weighted by molar-refractivity contribution is 6.34. The van der Waals surface area contributed by atoms with E-state index in [0.29, 0.717) is 52.3 Å². The van der Waals surface area contributed by atoms with Crippen molar-refractivity contribution >= 4 is 35.1 Å². The normalized spacial score (nSPS) is 19.3. The first kappa shape index (κ1) is 23.7. The van der Waals surface area contributed by atoms with Crippen LogP contribution in [-0.4, -0.2) is 69.7 Å². The number of likely N-dealkylation sites (tertiary alicyclic amines) is 1. The van der Waals surface area contributed by atoms with Crippen LogP contribution in [0.3, 0.4) is 0 Å². The van der Waals surface area contributed by atoms with Crippen molar-refractivity contribution in [2.75, 3.05) is 25.0 Å². The minimum absolute atomic E-state index is 0.0408. The molecule has 9 nitrogen and oxygen atoms in total. The van der Waals surface area contributed by atoms with Crippen LogP contribution in [0.1, 0.15) is 45.7 Å². The highest BCUT2D eigenvalue weighted by Crippen LogP contribution is 2.34. The Morgan fingerprint density at radius 2 is 2.12 bits per heavy atom. The average molecular weight is 471 g/mol. The molecule has 1 aromatic heterocycles. The molecule has 0 aliphatic carbocycles. The zero-order valence-corrected chi connectivity index (χ0v) is 18.9. The van der Waals surface area contributed by atoms with Crippen molar-refractivity contribution in [2.45, 2.75) is 38.9 Å². The number of halogens is 1. The molecule has 0 radical (unpaired) electrons. The van der Waals surface area contributed by atoms with Crippen molar-refractivity contribution < 1.29 is 29.0 Å². The molecule has 5 N–H and O–H groups in total. The number of hydrogen-bond donors (Lipinski definition) is 5. The molecule has 2 aromatic rings. The second-order valence-electron chi connectivity index (χ2n) is 8.65. The average Bonchev–Trinajstić information content (AvgIpc) is 3.43. The highest BCUT2D eigenvalue weighted by Gasteiger charge is 2.29. The number of carbonyl (C=O) groups is 3. The van der Waals surface area contributed by atoms with Gasteiger partial charge in [0.25, 0.3) is 17.7 Å². The van der Waals surface area contributed by atoms with Gasteiger partial charge < -0.3 is 30.7 Å². The fourth-order valence-electron chi connectivity index (χ4n) is 4.39. The van der Waals surface area contributed by atoms with Gasteiger partial charge in [-0.1, -0.05) is 0 Å². The Hall–Kier alpha value is -3.50. The summed E-state index contributed by atoms with van der Waals surface area (Å²) in [5.41, 5.74) is 3.41. The van der Waals surface area contributed by atoms with Gasteiger partial charge >= 0.3 is 0 Å². The monoisotopic (exact) mass is 470 g/mol. The second kappa shape index (κ2) is 9.40. The van der Waals surface area contributed by atoms with E-state index in [1.54, 1.807) is 19.9 Å². The summed E-state index contributed by atoms with van der Waals surface area (Å²) < 4.78 is 13.7. The van der Waals surface area contributed by atoms with E-state index in [0.717, 1.165) is 0 Å². The van der Waals surface area contributed by atoms with Crippen LogP contribution in [0, 0.1) is 19.7 Å². The van der Waals surface area contributed by atoms with Gasteiger partial charge in [-0.2, -0.15) is 0 Å². The molecule has 10 heteroatoms. The minimum Gasteiger partial charge on any atom is -0.391 e. The Balaban J connectivity index is 1.43. The number of aliphatic hydroxyl groups is 2. The maximum atomic E-state index is 13.7. The molecule has 0 bridgehead atoms. The van der Waals surface area contributed by atoms with Crippen LogP contribution in [0.4, 0.5) is 10.1 Å². The lowest BCUT2D eigenvalue weighted by Crippen LogP contribution is -2.40. The Morgan fingerprint density at radius 1 is 1.35 bits per heavy atom. The van der Waals surface area contributed by atoms with E-state index >= 15 is 0 Å². The fourth-order valence-corrected chi connectivity index (χ4v) is 4.39. The second-order valence-corrected chi connectivity index (χ2v) is 8.65. The molecule has 0 saturated carbocycles. The predicted molar refractivity (Wildman–Crippen MR) is 123 cm³/mol. The molecule has 2 aliphatic rings. The molecule has 0 spiro atoms. The molecular weight excluding hydrogens is 443 g/mol. The Kier molecular flexibility index (Phi) is 6.54. The van der Waals surface area contributed by atoms with E-state index in [1.165, 1.54) is 23.1 Å². The van der Waals surface area contributed by atoms with Gasteiger partial charge in [0.15, 0.2) is 0 Å². The Morgan fingerprint density at radius 3 is 2.82 bits per heavy atom. The molecule has 180 valence electrons. The molecule has 4 rings (SSSR count). The maximum absolute atomic E-state index is 13.7. The number of β-amino-alcohol motifs (C(OH)–C–C–N with tert-alkyl or cyclic N) is 1. The third-order valence-electron chi connectivity index (χ3n) is 6.22. The minimum atomic E-state index is -1.26. The van der Waals surface area contributed by atoms with E-state index < -0.39 is 23.9 Å². The van der Waals surface area contributed by atoms with Crippen LogP contribution in [0.25, 0.3) is 11.6 Å². The van der Waals surface area contributed by atoms with Crippen molar-refractivity contribution in [3.05, 3.63) is 52.1 Å². The highest BCUT2D eigenvalue weighted by atomic mass is 19.1. The summed E-state index contributed by atoms with van der Waals surface area (Å²) in [5.74, 6) is -1.65. The standard InChI is InChI=1S/C24H27FN4O5/c1-12-19(10-17-16-9-14(25)3-4-18(16)28-22(17)32)27-13(2)21(12)23(33)26-7-5-20(31)24(34)29-8-6-15(30)11-29/h3-4,9-10,15,20,27,30-31H,5-8,11H2,1-2H3,(H,26,33)(H,28,32)/t15-,20+/m1/s1. The number of amides is 3. The van der Waals surface area contributed by atoms with E-state index in [4.69, 9.17) is 0 Å². The van der Waals surface area contributed by atoms with Crippen molar-refractivity contribution in [1.29, 1.82) is 0 Å². The number of aryl methyl sites for hydroxylation is 1. The van der Waals surface area contributed by atoms with Crippen LogP contribution < -0.4 is 10.6 Å². The van der Waals surface area contributed by atoms with E-state index in [2.05, 4.69) is 15.6 Å². The number of H-pyrrole nitrogens is 1. The number of aromatic amines is 1. The number of rotatable bonds is 6. The number of nitrogens with zero attached hydrogens (tertiary/aromatic N) is 1. The van der Waals surface area contributed by atoms with E-state index in [-0.39, 0.29) is 31.3 Å². The first-order valence-corrected chi connectivity index (χ1v) is 11.1. The van der Waals surface area contributed by atoms with Gasteiger partial charge in [-0.25, -0.2) is 4.39 Å². The van der Waals surface area contributed by atoms with Crippen molar-refractivity contribution in [1.82, 2.24) is 15.2 Å². The maximum Gasteiger partial charge on any atom is 0.256 e. The van der Waals surface area contributed by atoms with Crippen LogP contribution in [0.15, 0.2) is 18.2 Å². The largest absolute Gasteiger partial charge is 0.391 e. The number of nitrogens with one attached hydrogen (secondary N) is 3. The van der Waals surface area contributed by atoms with Gasteiger partial charge in [-0.3, -0.25) is 14.4 Å². The van der Waals surface area contributed by atoms with E-state index in [9.17, 15) is 29.0 Å². The molecule has 0 unspecified atom stereocenters. The van der Waals surface area contributed by atoms with Crippen molar-refractivity contribution in [3.8, 4) is 0 Å². The van der Waals surface area contributed by atoms with Crippen LogP contribution in [-0.2, 0) is 9.59 Å². The summed E-state index contributed by atoms with van der Waals surface area (Å²) in [6.45, 7) is 4.15. The van der Waals surface area contributed by atoms with Gasteiger partial charge in [0.05, 0.1) is 17.2 Å². The summed E-state index contributed by atoms with van der Waals surface area (Å²) in [5, 5.41) is 25.1. The SMILES string of the molecule is Cc1[nH]c(C=C2C(=O)Nc3ccc(F)cc32)c(C)c1C(=O)NCC[C@H](O)C(=O)N1CC[C@@H](O)C1. The quantitative estimate of drug-likeness (QED) is 0.406. The number of hydrogen-bond acceptors (Lipinski definition) is 5. The van der Waals surface area contributed by atoms with Crippen molar-refractivity contribution in [2.24, 2.45) is 0 Å². The third kappa shape index (κ3) is 4.59. The first-order valence-electron chi connectivity index (χ1n) is 11.1. The van der Waals surface area contributed by atoms with Crippen LogP contribution in [0.5, 0.6) is 0 Å². The van der Waals surface area contributed by atoms with Gasteiger partial charge in [-0.15, -0.1) is 0 Å². The predicted octanol–water partition coefficient (Wildman–Crippen LogP) is 1.34. The van der Waals surface area contributed by atoms with Gasteiger partial charge in [0.2, 0.25) is 0 Å². The lowest BCUT2D eigenvalue weighted by atomic mass is 10.0. The molecule has 34 heavy (non-hydrogen) atoms. The molecule has 2 aliphatic heterocycles. The number of aliphatic hydroxyl groups excluding tert-OH is 2. The lowest BCUT2D eigenvalue weighted by molar-refractivity contribution is -0.139. The Labute approximate surface area is 195 Å². The van der Waals surface area contributed by atoms with Gasteiger partial charge in [0, 0.05) is 42.3 Å². The van der Waals surface area contributed by atoms with Gasteiger partial charge in [-0.05, 0) is 56.5 Å². The molecule has 1 fully saturated rings. The van der Waals surface area contributed by atoms with Crippen LogP contribution >= 0.6 is 0 Å². The first-order chi connectivity index (χ1) is 16.2. The smallest absolute Gasteiger partial charge is 0.256 e. The molecule has 1 aromatic carbocycles. The fraction of sp³-hybridized carbons (Fsp3) is 0.375. The number of carbonyl (C=O) groups excluding carboxylic acids is 3. The number of benzene rings is 1. The van der Waals surface area contributed by atoms with Crippen molar-refractivity contribution in [3.63, 3.8) is 0 Å². The topological polar surface area (TPSA) is 135 Å². The molecule has 3 heterocycles. The zero-order valence-electron chi connectivity index (χ0n) is 18.9. The molecule has 2 atom stereocenters.